The van der Waals surface area contributed by atoms with Crippen LogP contribution in [0.3, 0.4) is 0 Å². The summed E-state index contributed by atoms with van der Waals surface area (Å²) in [5, 5.41) is 3.07. The van der Waals surface area contributed by atoms with Gasteiger partial charge < -0.3 is 10.2 Å². The van der Waals surface area contributed by atoms with E-state index in [1.54, 1.807) is 12.1 Å². The predicted octanol–water partition coefficient (Wildman–Crippen LogP) is 2.28. The van der Waals surface area contributed by atoms with Crippen molar-refractivity contribution in [1.29, 1.82) is 0 Å². The van der Waals surface area contributed by atoms with Crippen molar-refractivity contribution in [1.82, 2.24) is 15.1 Å². The Morgan fingerprint density at radius 1 is 1.35 bits per heavy atom. The molecule has 1 fully saturated rings. The minimum absolute atomic E-state index is 0. The summed E-state index contributed by atoms with van der Waals surface area (Å²) in [5.74, 6) is -0.0288. The number of hydrogen-bond acceptors (Lipinski definition) is 3. The van der Waals surface area contributed by atoms with Gasteiger partial charge in [-0.2, -0.15) is 0 Å². The van der Waals surface area contributed by atoms with Crippen LogP contribution in [0, 0.1) is 5.82 Å². The molecule has 0 radical (unpaired) electrons. The lowest BCUT2D eigenvalue weighted by atomic mass is 10.00. The topological polar surface area (TPSA) is 35.6 Å². The van der Waals surface area contributed by atoms with E-state index >= 15 is 0 Å². The van der Waals surface area contributed by atoms with Crippen molar-refractivity contribution in [3.05, 3.63) is 35.6 Å². The van der Waals surface area contributed by atoms with Crippen LogP contribution in [0.4, 0.5) is 4.39 Å². The highest BCUT2D eigenvalue weighted by Crippen LogP contribution is 2.21. The van der Waals surface area contributed by atoms with Crippen molar-refractivity contribution >= 4 is 18.3 Å². The first-order chi connectivity index (χ1) is 10.6. The molecule has 6 heteroatoms. The van der Waals surface area contributed by atoms with Gasteiger partial charge in [0.1, 0.15) is 5.82 Å². The van der Waals surface area contributed by atoms with Crippen molar-refractivity contribution in [2.75, 3.05) is 33.7 Å². The summed E-state index contributed by atoms with van der Waals surface area (Å²) < 4.78 is 13.0. The first kappa shape index (κ1) is 19.9. The van der Waals surface area contributed by atoms with Gasteiger partial charge in [-0.1, -0.05) is 18.6 Å². The third-order valence-electron chi connectivity index (χ3n) is 4.27. The number of carbonyl (C=O) groups excluding carboxylic acids is 1. The van der Waals surface area contributed by atoms with E-state index in [0.29, 0.717) is 6.54 Å². The second kappa shape index (κ2) is 9.85. The summed E-state index contributed by atoms with van der Waals surface area (Å²) in [6.07, 6.45) is 3.12. The summed E-state index contributed by atoms with van der Waals surface area (Å²) in [6, 6.07) is 6.51. The van der Waals surface area contributed by atoms with Gasteiger partial charge in [0.2, 0.25) is 5.91 Å². The molecule has 1 amide bonds. The zero-order valence-electron chi connectivity index (χ0n) is 13.9. The lowest BCUT2D eigenvalue weighted by Crippen LogP contribution is -2.50. The minimum atomic E-state index is -0.221. The molecule has 1 aliphatic rings. The van der Waals surface area contributed by atoms with Gasteiger partial charge in [-0.3, -0.25) is 9.69 Å². The quantitative estimate of drug-likeness (QED) is 0.860. The molecule has 4 nitrogen and oxygen atoms in total. The van der Waals surface area contributed by atoms with E-state index in [1.165, 1.54) is 12.1 Å². The van der Waals surface area contributed by atoms with Crippen LogP contribution in [0.25, 0.3) is 0 Å². The first-order valence-corrected chi connectivity index (χ1v) is 8.00. The highest BCUT2D eigenvalue weighted by Gasteiger charge is 2.30. The smallest absolute Gasteiger partial charge is 0.239 e. The number of nitrogens with zero attached hydrogens (tertiary/aromatic N) is 2. The number of carbonyl (C=O) groups is 1. The van der Waals surface area contributed by atoms with Crippen LogP contribution in [0.1, 0.15) is 24.8 Å². The SMILES string of the molecule is CNCCN(C)C(=O)C1CCCCN1Cc1ccc(F)cc1.Cl. The number of hydrogen-bond donors (Lipinski definition) is 1. The third-order valence-corrected chi connectivity index (χ3v) is 4.27. The normalized spacial score (nSPS) is 18.3. The Morgan fingerprint density at radius 3 is 2.70 bits per heavy atom. The molecule has 1 heterocycles. The van der Waals surface area contributed by atoms with E-state index in [9.17, 15) is 9.18 Å². The number of benzene rings is 1. The monoisotopic (exact) mass is 343 g/mol. The van der Waals surface area contributed by atoms with Crippen molar-refractivity contribution < 1.29 is 9.18 Å². The second-order valence-electron chi connectivity index (χ2n) is 5.97. The number of likely N-dealkylation sites (N-methyl/N-ethyl adjacent to an activating group) is 2. The summed E-state index contributed by atoms with van der Waals surface area (Å²) >= 11 is 0. The van der Waals surface area contributed by atoms with Crippen LogP contribution >= 0.6 is 12.4 Å². The molecule has 1 aliphatic heterocycles. The fourth-order valence-electron chi connectivity index (χ4n) is 2.93. The largest absolute Gasteiger partial charge is 0.343 e. The van der Waals surface area contributed by atoms with E-state index in [4.69, 9.17) is 0 Å². The zero-order valence-corrected chi connectivity index (χ0v) is 14.7. The average Bonchev–Trinajstić information content (AvgIpc) is 2.54. The first-order valence-electron chi connectivity index (χ1n) is 8.00. The fourth-order valence-corrected chi connectivity index (χ4v) is 2.93. The van der Waals surface area contributed by atoms with Gasteiger partial charge >= 0.3 is 0 Å². The van der Waals surface area contributed by atoms with Crippen molar-refractivity contribution in [2.24, 2.45) is 0 Å². The van der Waals surface area contributed by atoms with Gasteiger partial charge in [-0.25, -0.2) is 4.39 Å². The average molecular weight is 344 g/mol. The molecule has 1 aromatic carbocycles. The highest BCUT2D eigenvalue weighted by molar-refractivity contribution is 5.85. The van der Waals surface area contributed by atoms with Gasteiger partial charge in [-0.15, -0.1) is 12.4 Å². The Kier molecular flexibility index (Phi) is 8.52. The van der Waals surface area contributed by atoms with Crippen molar-refractivity contribution in [3.63, 3.8) is 0 Å². The molecular formula is C17H27ClFN3O. The van der Waals surface area contributed by atoms with Crippen LogP contribution in [0.2, 0.25) is 0 Å². The van der Waals surface area contributed by atoms with E-state index in [2.05, 4.69) is 10.2 Å². The van der Waals surface area contributed by atoms with Crippen LogP contribution < -0.4 is 5.32 Å². The molecule has 2 rings (SSSR count). The molecule has 0 spiro atoms. The molecule has 1 atom stereocenters. The van der Waals surface area contributed by atoms with Crippen LogP contribution in [0.15, 0.2) is 24.3 Å². The van der Waals surface area contributed by atoms with Gasteiger partial charge in [0.25, 0.3) is 0 Å². The maximum absolute atomic E-state index is 13.0. The molecule has 0 saturated carbocycles. The molecule has 0 aromatic heterocycles. The number of likely N-dealkylation sites (tertiary alicyclic amines) is 1. The van der Waals surface area contributed by atoms with Crippen molar-refractivity contribution in [2.45, 2.75) is 31.8 Å². The molecule has 0 bridgehead atoms. The number of rotatable bonds is 6. The predicted molar refractivity (Wildman–Crippen MR) is 93.3 cm³/mol. The molecule has 1 saturated heterocycles. The Balaban J connectivity index is 0.00000264. The zero-order chi connectivity index (χ0) is 15.9. The Morgan fingerprint density at radius 2 is 2.04 bits per heavy atom. The van der Waals surface area contributed by atoms with Gasteiger partial charge in [0.15, 0.2) is 0 Å². The van der Waals surface area contributed by atoms with Crippen molar-refractivity contribution in [3.8, 4) is 0 Å². The lowest BCUT2D eigenvalue weighted by Gasteiger charge is -2.36. The molecule has 1 N–H and O–H groups in total. The Bertz CT molecular complexity index is 483. The maximum atomic E-state index is 13.0. The van der Waals surface area contributed by atoms with Gasteiger partial charge in [0, 0.05) is 26.7 Å². The maximum Gasteiger partial charge on any atom is 0.239 e. The number of halogens is 2. The van der Waals surface area contributed by atoms with Crippen LogP contribution in [-0.4, -0.2) is 55.5 Å². The number of nitrogens with one attached hydrogen (secondary N) is 1. The van der Waals surface area contributed by atoms with E-state index in [1.807, 2.05) is 19.0 Å². The molecular weight excluding hydrogens is 317 g/mol. The number of piperidine rings is 1. The molecule has 1 unspecified atom stereocenters. The fraction of sp³-hybridized carbons (Fsp3) is 0.588. The molecule has 23 heavy (non-hydrogen) atoms. The molecule has 0 aliphatic carbocycles. The van der Waals surface area contributed by atoms with Gasteiger partial charge in [0.05, 0.1) is 6.04 Å². The summed E-state index contributed by atoms with van der Waals surface area (Å²) in [4.78, 5) is 16.7. The number of amides is 1. The third kappa shape index (κ3) is 5.75. The van der Waals surface area contributed by atoms with E-state index < -0.39 is 0 Å². The standard InChI is InChI=1S/C17H26FN3O.ClH/c1-19-10-12-20(2)17(22)16-5-3-4-11-21(16)13-14-6-8-15(18)9-7-14;/h6-9,16,19H,3-5,10-13H2,1-2H3;1H. The second-order valence-corrected chi connectivity index (χ2v) is 5.97. The molecule has 1 aromatic rings. The summed E-state index contributed by atoms with van der Waals surface area (Å²) in [6.45, 7) is 3.15. The lowest BCUT2D eigenvalue weighted by molar-refractivity contribution is -0.137. The van der Waals surface area contributed by atoms with E-state index in [-0.39, 0.29) is 30.2 Å². The molecule has 130 valence electrons. The Hall–Kier alpha value is -1.17. The summed E-state index contributed by atoms with van der Waals surface area (Å²) in [7, 11) is 3.75. The van der Waals surface area contributed by atoms with Gasteiger partial charge in [-0.05, 0) is 44.1 Å². The Labute approximate surface area is 144 Å². The highest BCUT2D eigenvalue weighted by atomic mass is 35.5. The van der Waals surface area contributed by atoms with Crippen LogP contribution in [0.5, 0.6) is 0 Å². The van der Waals surface area contributed by atoms with Crippen LogP contribution in [-0.2, 0) is 11.3 Å². The summed E-state index contributed by atoms with van der Waals surface area (Å²) in [5.41, 5.74) is 1.05. The van der Waals surface area contributed by atoms with E-state index in [0.717, 1.165) is 44.5 Å². The minimum Gasteiger partial charge on any atom is -0.343 e.